The fraction of sp³-hybridized carbons (Fsp3) is 0.207. The van der Waals surface area contributed by atoms with E-state index >= 15 is 0 Å². The summed E-state index contributed by atoms with van der Waals surface area (Å²) < 4.78 is 1.68. The van der Waals surface area contributed by atoms with Crippen molar-refractivity contribution in [1.82, 2.24) is 4.57 Å². The monoisotopic (exact) mass is 452 g/mol. The first-order valence-corrected chi connectivity index (χ1v) is 11.4. The topological polar surface area (TPSA) is 68.2 Å². The second-order valence-electron chi connectivity index (χ2n) is 9.04. The first-order chi connectivity index (χ1) is 16.2. The van der Waals surface area contributed by atoms with E-state index in [2.05, 4.69) is 19.2 Å². The Morgan fingerprint density at radius 3 is 2.18 bits per heavy atom. The zero-order chi connectivity index (χ0) is 24.4. The molecule has 0 saturated carbocycles. The van der Waals surface area contributed by atoms with Gasteiger partial charge in [-0.3, -0.25) is 14.4 Å². The van der Waals surface area contributed by atoms with E-state index in [1.807, 2.05) is 62.4 Å². The van der Waals surface area contributed by atoms with Gasteiger partial charge >= 0.3 is 0 Å². The van der Waals surface area contributed by atoms with Crippen LogP contribution in [0.2, 0.25) is 0 Å². The first kappa shape index (κ1) is 23.2. The first-order valence-electron chi connectivity index (χ1n) is 11.4. The number of nitrogens with one attached hydrogen (secondary N) is 1. The van der Waals surface area contributed by atoms with Crippen molar-refractivity contribution in [3.05, 3.63) is 111 Å². The maximum Gasteiger partial charge on any atom is 0.244 e. The van der Waals surface area contributed by atoms with E-state index < -0.39 is 0 Å². The highest BCUT2D eigenvalue weighted by Crippen LogP contribution is 2.19. The van der Waals surface area contributed by atoms with Gasteiger partial charge in [-0.2, -0.15) is 0 Å². The standard InChI is InChI=1S/C29H28N2O3/c1-18(2)21-10-12-23(13-11-21)30-27(32)17-31-16-25(28(33)22-8-5-19(3)6-9-22)29(34)24-15-20(4)7-14-26(24)31/h5-16,18H,17H2,1-4H3,(H,30,32). The Morgan fingerprint density at radius 1 is 0.882 bits per heavy atom. The van der Waals surface area contributed by atoms with Crippen LogP contribution in [0.1, 0.15) is 52.4 Å². The number of rotatable bonds is 6. The largest absolute Gasteiger partial charge is 0.337 e. The summed E-state index contributed by atoms with van der Waals surface area (Å²) in [6.45, 7) is 8.04. The van der Waals surface area contributed by atoms with Gasteiger partial charge in [-0.1, -0.05) is 67.4 Å². The van der Waals surface area contributed by atoms with Crippen LogP contribution in [0.4, 0.5) is 5.69 Å². The molecule has 5 heteroatoms. The number of hydrogen-bond donors (Lipinski definition) is 1. The molecule has 1 heterocycles. The Kier molecular flexibility index (Phi) is 6.46. The van der Waals surface area contributed by atoms with Crippen molar-refractivity contribution in [1.29, 1.82) is 0 Å². The number of ketones is 1. The molecule has 0 aliphatic heterocycles. The molecule has 0 unspecified atom stereocenters. The Morgan fingerprint density at radius 2 is 1.53 bits per heavy atom. The Bertz CT molecular complexity index is 1430. The fourth-order valence-electron chi connectivity index (χ4n) is 3.97. The second kappa shape index (κ2) is 9.48. The minimum Gasteiger partial charge on any atom is -0.337 e. The summed E-state index contributed by atoms with van der Waals surface area (Å²) in [7, 11) is 0. The Balaban J connectivity index is 1.70. The van der Waals surface area contributed by atoms with E-state index in [1.165, 1.54) is 11.8 Å². The van der Waals surface area contributed by atoms with Gasteiger partial charge < -0.3 is 9.88 Å². The number of carbonyl (C=O) groups excluding carboxylic acids is 2. The van der Waals surface area contributed by atoms with Crippen molar-refractivity contribution >= 4 is 28.3 Å². The quantitative estimate of drug-likeness (QED) is 0.387. The highest BCUT2D eigenvalue weighted by atomic mass is 16.2. The smallest absolute Gasteiger partial charge is 0.244 e. The molecule has 5 nitrogen and oxygen atoms in total. The van der Waals surface area contributed by atoms with Gasteiger partial charge in [0.25, 0.3) is 0 Å². The van der Waals surface area contributed by atoms with E-state index in [1.54, 1.807) is 22.8 Å². The van der Waals surface area contributed by atoms with Crippen LogP contribution in [0.3, 0.4) is 0 Å². The van der Waals surface area contributed by atoms with Crippen LogP contribution in [0.15, 0.2) is 77.7 Å². The van der Waals surface area contributed by atoms with E-state index in [0.29, 0.717) is 28.1 Å². The fourth-order valence-corrected chi connectivity index (χ4v) is 3.97. The van der Waals surface area contributed by atoms with Crippen LogP contribution >= 0.6 is 0 Å². The van der Waals surface area contributed by atoms with E-state index in [9.17, 15) is 14.4 Å². The van der Waals surface area contributed by atoms with E-state index in [4.69, 9.17) is 0 Å². The molecule has 1 N–H and O–H groups in total. The third-order valence-electron chi connectivity index (χ3n) is 5.97. The molecule has 4 rings (SSSR count). The van der Waals surface area contributed by atoms with E-state index in [0.717, 1.165) is 11.1 Å². The minimum atomic E-state index is -0.355. The Labute approximate surface area is 199 Å². The predicted octanol–water partition coefficient (Wildman–Crippen LogP) is 5.61. The minimum absolute atomic E-state index is 0.0278. The molecule has 0 atom stereocenters. The van der Waals surface area contributed by atoms with Gasteiger partial charge in [-0.25, -0.2) is 0 Å². The summed E-state index contributed by atoms with van der Waals surface area (Å²) in [5.41, 5.74) is 4.61. The molecule has 1 aromatic heterocycles. The lowest BCUT2D eigenvalue weighted by atomic mass is 10.0. The number of nitrogens with zero attached hydrogens (tertiary/aromatic N) is 1. The SMILES string of the molecule is Cc1ccc(C(=O)c2cn(CC(=O)Nc3ccc(C(C)C)cc3)c3ccc(C)cc3c2=O)cc1. The molecule has 3 aromatic carbocycles. The highest BCUT2D eigenvalue weighted by Gasteiger charge is 2.18. The molecule has 0 aliphatic rings. The van der Waals surface area contributed by atoms with Crippen LogP contribution in [-0.2, 0) is 11.3 Å². The number of fused-ring (bicyclic) bond motifs is 1. The summed E-state index contributed by atoms with van der Waals surface area (Å²) in [5, 5.41) is 3.33. The summed E-state index contributed by atoms with van der Waals surface area (Å²) in [6, 6.07) is 20.3. The maximum absolute atomic E-state index is 13.2. The van der Waals surface area contributed by atoms with Gasteiger partial charge in [0.15, 0.2) is 5.78 Å². The number of anilines is 1. The number of pyridine rings is 1. The van der Waals surface area contributed by atoms with Gasteiger partial charge in [0.2, 0.25) is 11.3 Å². The molecular formula is C29H28N2O3. The normalized spacial score (nSPS) is 11.1. The van der Waals surface area contributed by atoms with Gasteiger partial charge in [0.1, 0.15) is 6.54 Å². The molecule has 0 spiro atoms. The molecule has 0 bridgehead atoms. The lowest BCUT2D eigenvalue weighted by molar-refractivity contribution is -0.116. The Hall–Kier alpha value is -3.99. The predicted molar refractivity (Wildman–Crippen MR) is 137 cm³/mol. The van der Waals surface area contributed by atoms with Crippen molar-refractivity contribution in [2.24, 2.45) is 0 Å². The third-order valence-corrected chi connectivity index (χ3v) is 5.97. The van der Waals surface area contributed by atoms with Gasteiger partial charge in [-0.05, 0) is 49.6 Å². The average molecular weight is 453 g/mol. The van der Waals surface area contributed by atoms with Crippen LogP contribution in [-0.4, -0.2) is 16.3 Å². The lowest BCUT2D eigenvalue weighted by Crippen LogP contribution is -2.24. The summed E-state index contributed by atoms with van der Waals surface area (Å²) in [5.74, 6) is -0.186. The van der Waals surface area contributed by atoms with Crippen molar-refractivity contribution < 1.29 is 9.59 Å². The summed E-state index contributed by atoms with van der Waals surface area (Å²) >= 11 is 0. The van der Waals surface area contributed by atoms with Crippen LogP contribution in [0, 0.1) is 13.8 Å². The van der Waals surface area contributed by atoms with Crippen LogP contribution in [0.25, 0.3) is 10.9 Å². The number of benzene rings is 3. The van der Waals surface area contributed by atoms with Crippen LogP contribution < -0.4 is 10.7 Å². The second-order valence-corrected chi connectivity index (χ2v) is 9.04. The maximum atomic E-state index is 13.2. The van der Waals surface area contributed by atoms with Gasteiger partial charge in [-0.15, -0.1) is 0 Å². The molecule has 0 saturated heterocycles. The number of aromatic nitrogens is 1. The molecule has 172 valence electrons. The van der Waals surface area contributed by atoms with Crippen molar-refractivity contribution in [3.8, 4) is 0 Å². The number of amides is 1. The molecule has 34 heavy (non-hydrogen) atoms. The molecule has 1 amide bonds. The van der Waals surface area contributed by atoms with Gasteiger partial charge in [0.05, 0.1) is 11.1 Å². The summed E-state index contributed by atoms with van der Waals surface area (Å²) in [4.78, 5) is 39.3. The number of aryl methyl sites for hydroxylation is 2. The lowest BCUT2D eigenvalue weighted by Gasteiger charge is -2.14. The summed E-state index contributed by atoms with van der Waals surface area (Å²) in [6.07, 6.45) is 1.50. The zero-order valence-corrected chi connectivity index (χ0v) is 19.9. The van der Waals surface area contributed by atoms with Crippen molar-refractivity contribution in [3.63, 3.8) is 0 Å². The van der Waals surface area contributed by atoms with E-state index in [-0.39, 0.29) is 29.2 Å². The molecule has 0 radical (unpaired) electrons. The molecule has 0 fully saturated rings. The average Bonchev–Trinajstić information content (AvgIpc) is 2.81. The third kappa shape index (κ3) is 4.84. The highest BCUT2D eigenvalue weighted by molar-refractivity contribution is 6.10. The van der Waals surface area contributed by atoms with Crippen molar-refractivity contribution in [2.45, 2.75) is 40.2 Å². The van der Waals surface area contributed by atoms with Gasteiger partial charge in [0, 0.05) is 22.8 Å². The number of hydrogen-bond acceptors (Lipinski definition) is 3. The van der Waals surface area contributed by atoms with Crippen molar-refractivity contribution in [2.75, 3.05) is 5.32 Å². The zero-order valence-electron chi connectivity index (χ0n) is 19.9. The molecule has 0 aliphatic carbocycles. The molecule has 4 aromatic rings. The van der Waals surface area contributed by atoms with Crippen LogP contribution in [0.5, 0.6) is 0 Å². The molecular weight excluding hydrogens is 424 g/mol. The number of carbonyl (C=O) groups is 2.